The van der Waals surface area contributed by atoms with Gasteiger partial charge in [0.15, 0.2) is 18.3 Å². The first-order valence-electron chi connectivity index (χ1n) is 17.8. The number of methoxy groups -OCH3 is 1. The molecule has 2 unspecified atom stereocenters. The van der Waals surface area contributed by atoms with Gasteiger partial charge in [-0.3, -0.25) is 14.6 Å². The Kier molecular flexibility index (Phi) is 10.4. The number of carbonyl (C=O) groups excluding carboxylic acids is 2. The number of ether oxygens (including phenoxy) is 6. The monoisotopic (exact) mass is 717 g/mol. The van der Waals surface area contributed by atoms with Gasteiger partial charge in [0, 0.05) is 48.0 Å². The maximum atomic E-state index is 13.6. The summed E-state index contributed by atoms with van der Waals surface area (Å²) in [7, 11) is 3.70. The Morgan fingerprint density at radius 2 is 1.83 bits per heavy atom. The predicted octanol–water partition coefficient (Wildman–Crippen LogP) is 4.69. The fourth-order valence-corrected chi connectivity index (χ4v) is 8.42. The summed E-state index contributed by atoms with van der Waals surface area (Å²) in [5.74, 6) is 2.26. The van der Waals surface area contributed by atoms with Gasteiger partial charge >= 0.3 is 6.09 Å². The smallest absolute Gasteiger partial charge is 0.408 e. The van der Waals surface area contributed by atoms with E-state index >= 15 is 0 Å². The molecule has 0 aliphatic carbocycles. The van der Waals surface area contributed by atoms with Crippen LogP contribution in [0.15, 0.2) is 18.7 Å². The molecular formula is C39H51N5O8. The van der Waals surface area contributed by atoms with E-state index in [-0.39, 0.29) is 44.9 Å². The molecule has 0 aromatic heterocycles. The van der Waals surface area contributed by atoms with Crippen LogP contribution in [-0.4, -0.2) is 92.5 Å². The fraction of sp³-hybridized carbons (Fsp3) is 0.564. The van der Waals surface area contributed by atoms with Crippen LogP contribution in [0.1, 0.15) is 78.7 Å². The number of hydrogen-bond donors (Lipinski definition) is 2. The highest BCUT2D eigenvalue weighted by Gasteiger charge is 2.56. The number of fused-ring (bicyclic) bond motifs is 9. The number of nitrogens with one attached hydrogen (secondary N) is 2. The minimum Gasteiger partial charge on any atom is -0.489 e. The maximum absolute atomic E-state index is 13.6. The molecule has 4 aliphatic rings. The Balaban J connectivity index is 1.49. The van der Waals surface area contributed by atoms with Crippen molar-refractivity contribution < 1.29 is 38.0 Å². The van der Waals surface area contributed by atoms with E-state index in [1.165, 1.54) is 0 Å². The van der Waals surface area contributed by atoms with E-state index in [9.17, 15) is 14.9 Å². The van der Waals surface area contributed by atoms with Crippen LogP contribution in [0.2, 0.25) is 0 Å². The van der Waals surface area contributed by atoms with Crippen molar-refractivity contribution in [1.29, 1.82) is 5.26 Å². The molecule has 2 bridgehead atoms. The van der Waals surface area contributed by atoms with Crippen molar-refractivity contribution in [3.05, 3.63) is 57.7 Å². The zero-order chi connectivity index (χ0) is 37.6. The molecule has 2 N–H and O–H groups in total. The number of aryl methyl sites for hydroxylation is 1. The second-order valence-electron chi connectivity index (χ2n) is 15.1. The molecule has 0 spiro atoms. The minimum atomic E-state index is -0.888. The Morgan fingerprint density at radius 3 is 2.50 bits per heavy atom. The zero-order valence-corrected chi connectivity index (χ0v) is 31.7. The fourth-order valence-electron chi connectivity index (χ4n) is 8.42. The second-order valence-corrected chi connectivity index (χ2v) is 15.1. The minimum absolute atomic E-state index is 0.0365. The van der Waals surface area contributed by atoms with Crippen LogP contribution in [0, 0.1) is 32.1 Å². The summed E-state index contributed by atoms with van der Waals surface area (Å²) < 4.78 is 35.7. The first-order valence-corrected chi connectivity index (χ1v) is 17.8. The van der Waals surface area contributed by atoms with E-state index in [1.807, 2.05) is 6.92 Å². The van der Waals surface area contributed by atoms with E-state index in [4.69, 9.17) is 28.4 Å². The van der Waals surface area contributed by atoms with E-state index in [1.54, 1.807) is 40.9 Å². The lowest BCUT2D eigenvalue weighted by Gasteiger charge is -2.60. The number of rotatable bonds is 10. The molecule has 1 fully saturated rings. The SMILES string of the molecule is C=CCOc1c(C)c2c(c3c1CC1C4c5c(cc(C)c(C)c5OCOC)C[C@@H]([C@H](C#N)N1[C@H]3CNC(=O)[C@H](C)NC(=O)OC(C)(C)C)N4C)OCO2. The number of benzene rings is 2. The Labute approximate surface area is 306 Å². The van der Waals surface area contributed by atoms with E-state index in [2.05, 4.69) is 60.0 Å². The van der Waals surface area contributed by atoms with Crippen molar-refractivity contribution in [2.45, 2.75) is 103 Å². The predicted molar refractivity (Wildman–Crippen MR) is 193 cm³/mol. The van der Waals surface area contributed by atoms with Gasteiger partial charge in [-0.05, 0) is 85.0 Å². The van der Waals surface area contributed by atoms with Crippen molar-refractivity contribution in [3.8, 4) is 29.1 Å². The second kappa shape index (κ2) is 14.5. The van der Waals surface area contributed by atoms with Crippen LogP contribution < -0.4 is 29.6 Å². The molecule has 0 radical (unpaired) electrons. The molecule has 13 heteroatoms. The molecule has 280 valence electrons. The lowest BCUT2D eigenvalue weighted by atomic mass is 9.71. The van der Waals surface area contributed by atoms with Gasteiger partial charge in [-0.15, -0.1) is 0 Å². The lowest BCUT2D eigenvalue weighted by Crippen LogP contribution is -2.69. The molecule has 1 saturated heterocycles. The first kappa shape index (κ1) is 37.3. The van der Waals surface area contributed by atoms with Gasteiger partial charge in [0.05, 0.1) is 18.2 Å². The summed E-state index contributed by atoms with van der Waals surface area (Å²) >= 11 is 0. The first-order chi connectivity index (χ1) is 24.7. The zero-order valence-electron chi connectivity index (χ0n) is 31.7. The molecule has 52 heavy (non-hydrogen) atoms. The van der Waals surface area contributed by atoms with Gasteiger partial charge in [-0.25, -0.2) is 4.79 Å². The lowest BCUT2D eigenvalue weighted by molar-refractivity contribution is -0.123. The van der Waals surface area contributed by atoms with Gasteiger partial charge < -0.3 is 39.1 Å². The third kappa shape index (κ3) is 6.52. The Bertz CT molecular complexity index is 1800. The summed E-state index contributed by atoms with van der Waals surface area (Å²) in [5.41, 5.74) is 6.25. The molecule has 4 heterocycles. The largest absolute Gasteiger partial charge is 0.489 e. The van der Waals surface area contributed by atoms with Gasteiger partial charge in [0.1, 0.15) is 35.8 Å². The Hall–Kier alpha value is -4.51. The van der Waals surface area contributed by atoms with Gasteiger partial charge in [0.25, 0.3) is 0 Å². The molecule has 0 saturated carbocycles. The molecule has 4 aliphatic heterocycles. The molecular weight excluding hydrogens is 666 g/mol. The average molecular weight is 718 g/mol. The topological polar surface area (TPSA) is 144 Å². The number of hydrogen-bond acceptors (Lipinski definition) is 11. The normalized spacial score (nSPS) is 23.7. The van der Waals surface area contributed by atoms with Crippen LogP contribution in [0.25, 0.3) is 0 Å². The number of amides is 2. The summed E-state index contributed by atoms with van der Waals surface area (Å²) in [5, 5.41) is 16.7. The van der Waals surface area contributed by atoms with Crippen molar-refractivity contribution in [2.24, 2.45) is 0 Å². The molecule has 2 aromatic carbocycles. The molecule has 2 amide bonds. The van der Waals surface area contributed by atoms with Crippen LogP contribution in [0.3, 0.4) is 0 Å². The molecule has 2 aromatic rings. The van der Waals surface area contributed by atoms with Gasteiger partial charge in [-0.2, -0.15) is 5.26 Å². The Morgan fingerprint density at radius 1 is 1.10 bits per heavy atom. The van der Waals surface area contributed by atoms with E-state index in [0.29, 0.717) is 30.1 Å². The van der Waals surface area contributed by atoms with E-state index < -0.39 is 35.7 Å². The summed E-state index contributed by atoms with van der Waals surface area (Å²) in [6.07, 6.45) is 2.18. The maximum Gasteiger partial charge on any atom is 0.408 e. The third-order valence-corrected chi connectivity index (χ3v) is 10.7. The average Bonchev–Trinajstić information content (AvgIpc) is 3.57. The summed E-state index contributed by atoms with van der Waals surface area (Å²) in [6, 6.07) is 2.37. The highest BCUT2D eigenvalue weighted by Crippen LogP contribution is 2.58. The van der Waals surface area contributed by atoms with Crippen LogP contribution in [-0.2, 0) is 27.1 Å². The number of piperazine rings is 1. The molecule has 6 atom stereocenters. The van der Waals surface area contributed by atoms with Gasteiger partial charge in [0.2, 0.25) is 12.7 Å². The highest BCUT2D eigenvalue weighted by molar-refractivity contribution is 5.85. The van der Waals surface area contributed by atoms with E-state index in [0.717, 1.165) is 44.7 Å². The third-order valence-electron chi connectivity index (χ3n) is 10.7. The van der Waals surface area contributed by atoms with Crippen molar-refractivity contribution in [1.82, 2.24) is 20.4 Å². The summed E-state index contributed by atoms with van der Waals surface area (Å²) in [6.45, 7) is 17.4. The van der Waals surface area contributed by atoms with Gasteiger partial charge in [-0.1, -0.05) is 18.7 Å². The van der Waals surface area contributed by atoms with Crippen molar-refractivity contribution in [3.63, 3.8) is 0 Å². The highest BCUT2D eigenvalue weighted by atomic mass is 16.7. The van der Waals surface area contributed by atoms with Crippen molar-refractivity contribution >= 4 is 12.0 Å². The standard InChI is InChI=1S/C39H51N5O8/c1-11-12-48-33-22(4)35-36(51-19-50-35)31-25(33)15-27-32-30-24(13-20(2)21(3)34(30)49-18-47-10)14-26(43(32)9)28(16-40)44(27)29(31)17-41-37(45)23(5)42-38(46)52-39(6,7)8/h11,13,23,26-29,32H,1,12,14-15,17-19H2,2-10H3,(H,41,45)(H,42,46)/t23-,26-,27?,28-,29-,32?/m0/s1. The number of alkyl carbamates (subject to hydrolysis) is 1. The number of likely N-dealkylation sites (N-methyl/N-ethyl adjacent to an activating group) is 1. The van der Waals surface area contributed by atoms with Crippen molar-refractivity contribution in [2.75, 3.05) is 40.9 Å². The van der Waals surface area contributed by atoms with Crippen LogP contribution >= 0.6 is 0 Å². The van der Waals surface area contributed by atoms with Crippen LogP contribution in [0.5, 0.6) is 23.0 Å². The van der Waals surface area contributed by atoms with Crippen LogP contribution in [0.4, 0.5) is 4.79 Å². The number of nitrogens with zero attached hydrogens (tertiary/aromatic N) is 3. The number of carbonyl (C=O) groups is 2. The summed E-state index contributed by atoms with van der Waals surface area (Å²) in [4.78, 5) is 30.8. The molecule has 13 nitrogen and oxygen atoms in total. The quantitative estimate of drug-likeness (QED) is 0.261. The number of nitriles is 1. The molecule has 6 rings (SSSR count).